The van der Waals surface area contributed by atoms with Crippen LogP contribution in [0.5, 0.6) is 5.75 Å². The maximum absolute atomic E-state index is 13.5. The van der Waals surface area contributed by atoms with E-state index in [4.69, 9.17) is 10.2 Å². The number of pyridine rings is 1. The summed E-state index contributed by atoms with van der Waals surface area (Å²) >= 11 is 0. The lowest BCUT2D eigenvalue weighted by atomic mass is 10.00. The van der Waals surface area contributed by atoms with Crippen molar-refractivity contribution in [2.75, 3.05) is 35.6 Å². The zero-order valence-corrected chi connectivity index (χ0v) is 22.3. The van der Waals surface area contributed by atoms with Crippen LogP contribution in [0.1, 0.15) is 39.9 Å². The number of piperidine rings is 1. The number of ketones is 1. The van der Waals surface area contributed by atoms with Gasteiger partial charge in [0, 0.05) is 49.5 Å². The number of nitrogen functional groups attached to an aromatic ring is 1. The number of nitrogens with zero attached hydrogens (tertiary/aromatic N) is 4. The molecule has 0 bridgehead atoms. The number of phenols is 1. The summed E-state index contributed by atoms with van der Waals surface area (Å²) in [5.41, 5.74) is 10.3. The second-order valence-corrected chi connectivity index (χ2v) is 10.5. The van der Waals surface area contributed by atoms with Gasteiger partial charge in [-0.15, -0.1) is 0 Å². The third kappa shape index (κ3) is 4.53. The van der Waals surface area contributed by atoms with Gasteiger partial charge in [-0.3, -0.25) is 9.36 Å². The van der Waals surface area contributed by atoms with Crippen molar-refractivity contribution >= 4 is 40.2 Å². The topological polar surface area (TPSA) is 147 Å². The minimum atomic E-state index is -0.483. The molecule has 40 heavy (non-hydrogen) atoms. The highest BCUT2D eigenvalue weighted by Crippen LogP contribution is 2.29. The summed E-state index contributed by atoms with van der Waals surface area (Å²) in [4.78, 5) is 46.9. The first-order valence-corrected chi connectivity index (χ1v) is 13.2. The number of oxazole rings is 1. The van der Waals surface area contributed by atoms with Crippen molar-refractivity contribution in [1.29, 1.82) is 0 Å². The molecule has 1 fully saturated rings. The van der Waals surface area contributed by atoms with Crippen molar-refractivity contribution in [3.63, 3.8) is 0 Å². The first-order valence-electron chi connectivity index (χ1n) is 13.2. The molecular weight excluding hydrogens is 512 g/mol. The number of carbonyl (C=O) groups excluding carboxylic acids is 2. The molecule has 4 N–H and O–H groups in total. The molecule has 2 aromatic heterocycles. The van der Waals surface area contributed by atoms with Crippen LogP contribution < -0.4 is 21.7 Å². The van der Waals surface area contributed by atoms with Gasteiger partial charge in [0.25, 0.3) is 0 Å². The summed E-state index contributed by atoms with van der Waals surface area (Å²) in [6, 6.07) is 11.5. The minimum Gasteiger partial charge on any atom is -0.508 e. The van der Waals surface area contributed by atoms with Gasteiger partial charge < -0.3 is 30.4 Å². The van der Waals surface area contributed by atoms with E-state index in [2.05, 4.69) is 15.2 Å². The molecule has 0 spiro atoms. The second kappa shape index (κ2) is 9.74. The fourth-order valence-corrected chi connectivity index (χ4v) is 5.83. The Balaban J connectivity index is 1.18. The zero-order chi connectivity index (χ0) is 28.1. The largest absolute Gasteiger partial charge is 0.508 e. The Morgan fingerprint density at radius 2 is 1.82 bits per heavy atom. The molecule has 6 rings (SSSR count). The molecule has 4 aromatic rings. The van der Waals surface area contributed by atoms with Crippen LogP contribution in [-0.4, -0.2) is 57.0 Å². The van der Waals surface area contributed by atoms with Crippen LogP contribution in [0.25, 0.3) is 11.1 Å². The molecule has 0 atom stereocenters. The Labute approximate surface area is 229 Å². The van der Waals surface area contributed by atoms with Gasteiger partial charge in [0.1, 0.15) is 17.4 Å². The summed E-state index contributed by atoms with van der Waals surface area (Å²) in [6.45, 7) is 3.68. The van der Waals surface area contributed by atoms with Gasteiger partial charge in [0.05, 0.1) is 5.52 Å². The van der Waals surface area contributed by atoms with Gasteiger partial charge in [0.15, 0.2) is 11.4 Å². The predicted octanol–water partition coefficient (Wildman–Crippen LogP) is 3.41. The standard InChI is InChI=1S/C29H30N6O5/c1-16-11-18(13-23-26(16)33(2)29(39)40-23)27(37)19-14-24(30)32-25(15-19)34-8-6-20(7-9-34)35-10-5-17-12-21(36)3-4-22(17)31-28(35)38/h3-4,11-15,20,36H,5-10H2,1-2H3,(H2,30,32)(H,31,38). The van der Waals surface area contributed by atoms with Gasteiger partial charge in [0.2, 0.25) is 0 Å². The number of carbonyl (C=O) groups is 2. The number of fused-ring (bicyclic) bond motifs is 2. The van der Waals surface area contributed by atoms with Gasteiger partial charge >= 0.3 is 11.8 Å². The normalized spacial score (nSPS) is 16.1. The zero-order valence-electron chi connectivity index (χ0n) is 22.3. The molecular formula is C29H30N6O5. The first-order chi connectivity index (χ1) is 19.2. The number of aromatic nitrogens is 2. The Morgan fingerprint density at radius 1 is 1.07 bits per heavy atom. The van der Waals surface area contributed by atoms with Crippen LogP contribution in [-0.2, 0) is 13.5 Å². The number of rotatable bonds is 4. The summed E-state index contributed by atoms with van der Waals surface area (Å²) in [6.07, 6.45) is 2.12. The number of amides is 2. The summed E-state index contributed by atoms with van der Waals surface area (Å²) < 4.78 is 6.73. The van der Waals surface area contributed by atoms with Crippen molar-refractivity contribution < 1.29 is 19.1 Å². The average molecular weight is 543 g/mol. The van der Waals surface area contributed by atoms with Gasteiger partial charge in [-0.2, -0.15) is 0 Å². The third-order valence-corrected chi connectivity index (χ3v) is 7.87. The number of hydrogen-bond acceptors (Lipinski definition) is 8. The van der Waals surface area contributed by atoms with E-state index in [9.17, 15) is 19.5 Å². The van der Waals surface area contributed by atoms with Gasteiger partial charge in [-0.25, -0.2) is 14.6 Å². The smallest absolute Gasteiger partial charge is 0.419 e. The summed E-state index contributed by atoms with van der Waals surface area (Å²) in [7, 11) is 1.63. The number of aromatic hydroxyl groups is 1. The van der Waals surface area contributed by atoms with Crippen molar-refractivity contribution in [2.24, 2.45) is 7.05 Å². The van der Waals surface area contributed by atoms with Crippen molar-refractivity contribution in [3.05, 3.63) is 75.3 Å². The highest BCUT2D eigenvalue weighted by Gasteiger charge is 2.31. The number of nitrogens with two attached hydrogens (primary N) is 1. The van der Waals surface area contributed by atoms with Crippen molar-refractivity contribution in [1.82, 2.24) is 14.5 Å². The van der Waals surface area contributed by atoms with Crippen LogP contribution >= 0.6 is 0 Å². The van der Waals surface area contributed by atoms with Crippen LogP contribution in [0.15, 0.2) is 51.7 Å². The fourth-order valence-electron chi connectivity index (χ4n) is 5.83. The maximum atomic E-state index is 13.5. The van der Waals surface area contributed by atoms with E-state index < -0.39 is 5.76 Å². The van der Waals surface area contributed by atoms with Gasteiger partial charge in [-0.05, 0) is 79.8 Å². The molecule has 2 aliphatic rings. The Bertz CT molecular complexity index is 1720. The van der Waals surface area contributed by atoms with Crippen LogP contribution in [0.4, 0.5) is 22.1 Å². The molecule has 2 amide bonds. The molecule has 4 heterocycles. The average Bonchev–Trinajstić information content (AvgIpc) is 3.12. The Kier molecular flexibility index (Phi) is 6.21. The Morgan fingerprint density at radius 3 is 2.60 bits per heavy atom. The molecule has 11 nitrogen and oxygen atoms in total. The maximum Gasteiger partial charge on any atom is 0.419 e. The molecule has 0 radical (unpaired) electrons. The third-order valence-electron chi connectivity index (χ3n) is 7.87. The number of aryl methyl sites for hydroxylation is 2. The lowest BCUT2D eigenvalue weighted by Crippen LogP contribution is -2.49. The minimum absolute atomic E-state index is 0.0524. The molecule has 11 heteroatoms. The number of benzene rings is 2. The molecule has 1 saturated heterocycles. The summed E-state index contributed by atoms with van der Waals surface area (Å²) in [5, 5.41) is 12.8. The number of nitrogens with one attached hydrogen (secondary N) is 1. The van der Waals surface area contributed by atoms with Crippen LogP contribution in [0.2, 0.25) is 0 Å². The highest BCUT2D eigenvalue weighted by molar-refractivity contribution is 6.11. The predicted molar refractivity (Wildman–Crippen MR) is 151 cm³/mol. The first kappa shape index (κ1) is 25.5. The van der Waals surface area contributed by atoms with E-state index in [1.165, 1.54) is 4.57 Å². The molecule has 2 aromatic carbocycles. The van der Waals surface area contributed by atoms with E-state index >= 15 is 0 Å². The van der Waals surface area contributed by atoms with E-state index in [1.54, 1.807) is 49.5 Å². The van der Waals surface area contributed by atoms with Crippen LogP contribution in [0.3, 0.4) is 0 Å². The quantitative estimate of drug-likeness (QED) is 0.263. The van der Waals surface area contributed by atoms with Gasteiger partial charge in [-0.1, -0.05) is 0 Å². The van der Waals surface area contributed by atoms with Crippen molar-refractivity contribution in [2.45, 2.75) is 32.2 Å². The monoisotopic (exact) mass is 542 g/mol. The van der Waals surface area contributed by atoms with E-state index in [1.807, 2.05) is 11.8 Å². The molecule has 206 valence electrons. The van der Waals surface area contributed by atoms with Crippen molar-refractivity contribution in [3.8, 4) is 5.75 Å². The van der Waals surface area contributed by atoms with Crippen LogP contribution in [0, 0.1) is 6.92 Å². The summed E-state index contributed by atoms with van der Waals surface area (Å²) in [5.74, 6) is 0.301. The number of hydrogen-bond donors (Lipinski definition) is 3. The molecule has 0 aliphatic carbocycles. The number of urea groups is 1. The fraction of sp³-hybridized carbons (Fsp3) is 0.310. The SMILES string of the molecule is Cc1cc(C(=O)c2cc(N)nc(N3CCC(N4CCc5cc(O)ccc5NC4=O)CC3)c2)cc2oc(=O)n(C)c12. The highest BCUT2D eigenvalue weighted by atomic mass is 16.4. The Hall–Kier alpha value is -4.80. The molecule has 0 unspecified atom stereocenters. The number of phenolic OH excluding ortho intramolecular Hbond substituents is 1. The molecule has 2 aliphatic heterocycles. The van der Waals surface area contributed by atoms with E-state index in [-0.39, 0.29) is 29.4 Å². The molecule has 0 saturated carbocycles. The van der Waals surface area contributed by atoms with E-state index in [0.29, 0.717) is 54.1 Å². The number of anilines is 3. The lowest BCUT2D eigenvalue weighted by molar-refractivity contribution is 0.103. The van der Waals surface area contributed by atoms with E-state index in [0.717, 1.165) is 29.7 Å². The second-order valence-electron chi connectivity index (χ2n) is 10.5. The lowest BCUT2D eigenvalue weighted by Gasteiger charge is -2.38.